The van der Waals surface area contributed by atoms with Gasteiger partial charge >= 0.3 is 0 Å². The predicted molar refractivity (Wildman–Crippen MR) is 74.6 cm³/mol. The quantitative estimate of drug-likeness (QED) is 0.887. The molecule has 1 aliphatic rings. The minimum atomic E-state index is 0.690. The maximum absolute atomic E-state index is 9.12. The highest BCUT2D eigenvalue weighted by Gasteiger charge is 2.17. The van der Waals surface area contributed by atoms with E-state index in [1.807, 2.05) is 12.1 Å². The first-order valence-corrected chi connectivity index (χ1v) is 6.63. The van der Waals surface area contributed by atoms with Gasteiger partial charge in [-0.05, 0) is 50.9 Å². The molecule has 1 heterocycles. The van der Waals surface area contributed by atoms with Crippen LogP contribution in [0.25, 0.3) is 0 Å². The van der Waals surface area contributed by atoms with Crippen molar-refractivity contribution in [3.8, 4) is 6.07 Å². The number of benzene rings is 1. The summed E-state index contributed by atoms with van der Waals surface area (Å²) < 4.78 is 0. The molecule has 3 nitrogen and oxygen atoms in total. The summed E-state index contributed by atoms with van der Waals surface area (Å²) in [5, 5.41) is 12.6. The molecule has 1 saturated heterocycles. The van der Waals surface area contributed by atoms with Gasteiger partial charge in [-0.15, -0.1) is 0 Å². The van der Waals surface area contributed by atoms with Crippen molar-refractivity contribution >= 4 is 5.69 Å². The second-order valence-corrected chi connectivity index (χ2v) is 5.26. The van der Waals surface area contributed by atoms with Crippen LogP contribution in [0.5, 0.6) is 0 Å². The molecule has 1 fully saturated rings. The second kappa shape index (κ2) is 5.88. The van der Waals surface area contributed by atoms with E-state index in [4.69, 9.17) is 5.26 Å². The predicted octanol–water partition coefficient (Wildman–Crippen LogP) is 2.62. The Morgan fingerprint density at radius 2 is 2.33 bits per heavy atom. The summed E-state index contributed by atoms with van der Waals surface area (Å²) in [7, 11) is 2.18. The van der Waals surface area contributed by atoms with Crippen LogP contribution in [-0.2, 0) is 0 Å². The monoisotopic (exact) mass is 243 g/mol. The Morgan fingerprint density at radius 1 is 1.50 bits per heavy atom. The summed E-state index contributed by atoms with van der Waals surface area (Å²) in [6.45, 7) is 5.38. The topological polar surface area (TPSA) is 39.1 Å². The van der Waals surface area contributed by atoms with E-state index in [-0.39, 0.29) is 0 Å². The van der Waals surface area contributed by atoms with Gasteiger partial charge < -0.3 is 10.2 Å². The third-order valence-electron chi connectivity index (χ3n) is 3.68. The maximum atomic E-state index is 9.12. The fraction of sp³-hybridized carbons (Fsp3) is 0.533. The van der Waals surface area contributed by atoms with Gasteiger partial charge in [-0.3, -0.25) is 0 Å². The first-order valence-electron chi connectivity index (χ1n) is 6.63. The van der Waals surface area contributed by atoms with E-state index in [9.17, 15) is 0 Å². The lowest BCUT2D eigenvalue weighted by molar-refractivity contribution is 0.217. The molecule has 1 N–H and O–H groups in total. The van der Waals surface area contributed by atoms with E-state index in [0.717, 1.165) is 29.9 Å². The Balaban J connectivity index is 2.00. The van der Waals surface area contributed by atoms with E-state index in [0.29, 0.717) is 5.92 Å². The molecule has 0 spiro atoms. The Labute approximate surface area is 109 Å². The summed E-state index contributed by atoms with van der Waals surface area (Å²) in [5.74, 6) is 0.690. The number of hydrogen-bond acceptors (Lipinski definition) is 3. The van der Waals surface area contributed by atoms with Crippen LogP contribution in [0.2, 0.25) is 0 Å². The van der Waals surface area contributed by atoms with Crippen LogP contribution in [0.1, 0.15) is 24.0 Å². The number of rotatable bonds is 3. The molecule has 0 amide bonds. The van der Waals surface area contributed by atoms with Crippen LogP contribution < -0.4 is 5.32 Å². The Kier molecular flexibility index (Phi) is 4.22. The summed E-state index contributed by atoms with van der Waals surface area (Å²) in [6, 6.07) is 8.13. The number of hydrogen-bond donors (Lipinski definition) is 1. The molecule has 0 aromatic heterocycles. The molecular weight excluding hydrogens is 222 g/mol. The molecule has 1 atom stereocenters. The molecule has 2 rings (SSSR count). The number of aryl methyl sites for hydroxylation is 1. The van der Waals surface area contributed by atoms with E-state index in [2.05, 4.69) is 36.3 Å². The van der Waals surface area contributed by atoms with Gasteiger partial charge in [-0.25, -0.2) is 0 Å². The zero-order valence-electron chi connectivity index (χ0n) is 11.2. The van der Waals surface area contributed by atoms with Crippen LogP contribution in [0.3, 0.4) is 0 Å². The van der Waals surface area contributed by atoms with E-state index >= 15 is 0 Å². The van der Waals surface area contributed by atoms with Gasteiger partial charge in [-0.1, -0.05) is 12.1 Å². The normalized spacial score (nSPS) is 20.4. The zero-order valence-corrected chi connectivity index (χ0v) is 11.2. The Hall–Kier alpha value is -1.53. The van der Waals surface area contributed by atoms with Gasteiger partial charge in [0.2, 0.25) is 0 Å². The molecule has 1 aromatic rings. The number of likely N-dealkylation sites (tertiary alicyclic amines) is 1. The first kappa shape index (κ1) is 12.9. The molecule has 1 aromatic carbocycles. The van der Waals surface area contributed by atoms with Crippen LogP contribution in [0, 0.1) is 24.2 Å². The molecular formula is C15H21N3. The number of nitriles is 1. The molecule has 0 aliphatic carbocycles. The minimum Gasteiger partial charge on any atom is -0.383 e. The van der Waals surface area contributed by atoms with Gasteiger partial charge in [0.15, 0.2) is 0 Å². The minimum absolute atomic E-state index is 0.690. The Bertz CT molecular complexity index is 448. The number of anilines is 1. The van der Waals surface area contributed by atoms with E-state index in [1.165, 1.54) is 19.4 Å². The second-order valence-electron chi connectivity index (χ2n) is 5.26. The fourth-order valence-corrected chi connectivity index (χ4v) is 2.68. The fourth-order valence-electron chi connectivity index (χ4n) is 2.68. The lowest BCUT2D eigenvalue weighted by atomic mass is 9.98. The van der Waals surface area contributed by atoms with Crippen molar-refractivity contribution in [1.29, 1.82) is 5.26 Å². The van der Waals surface area contributed by atoms with Gasteiger partial charge in [0.05, 0.1) is 11.3 Å². The average molecular weight is 243 g/mol. The summed E-state index contributed by atoms with van der Waals surface area (Å²) >= 11 is 0. The molecule has 18 heavy (non-hydrogen) atoms. The lowest BCUT2D eigenvalue weighted by Gasteiger charge is -2.30. The van der Waals surface area contributed by atoms with Crippen LogP contribution in [-0.4, -0.2) is 31.6 Å². The van der Waals surface area contributed by atoms with E-state index < -0.39 is 0 Å². The highest BCUT2D eigenvalue weighted by Crippen LogP contribution is 2.22. The molecule has 0 radical (unpaired) electrons. The van der Waals surface area contributed by atoms with Crippen molar-refractivity contribution in [2.75, 3.05) is 32.0 Å². The van der Waals surface area contributed by atoms with Gasteiger partial charge in [0, 0.05) is 13.1 Å². The van der Waals surface area contributed by atoms with Crippen molar-refractivity contribution in [3.63, 3.8) is 0 Å². The highest BCUT2D eigenvalue weighted by atomic mass is 15.1. The van der Waals surface area contributed by atoms with Crippen molar-refractivity contribution in [2.45, 2.75) is 19.8 Å². The van der Waals surface area contributed by atoms with Crippen LogP contribution >= 0.6 is 0 Å². The van der Waals surface area contributed by atoms with Gasteiger partial charge in [-0.2, -0.15) is 5.26 Å². The summed E-state index contributed by atoms with van der Waals surface area (Å²) in [6.07, 6.45) is 2.56. The number of nitrogens with one attached hydrogen (secondary N) is 1. The maximum Gasteiger partial charge on any atom is 0.101 e. The van der Waals surface area contributed by atoms with Crippen molar-refractivity contribution in [1.82, 2.24) is 4.90 Å². The number of nitrogens with zero attached hydrogens (tertiary/aromatic N) is 2. The molecule has 0 saturated carbocycles. The Morgan fingerprint density at radius 3 is 3.06 bits per heavy atom. The number of para-hydroxylation sites is 1. The first-order chi connectivity index (χ1) is 8.70. The van der Waals surface area contributed by atoms with Crippen molar-refractivity contribution in [2.24, 2.45) is 5.92 Å². The van der Waals surface area contributed by atoms with Crippen LogP contribution in [0.4, 0.5) is 5.69 Å². The SMILES string of the molecule is Cc1cccc(C#N)c1NCC1CCCN(C)C1. The number of piperidine rings is 1. The van der Waals surface area contributed by atoms with Crippen LogP contribution in [0.15, 0.2) is 18.2 Å². The highest BCUT2D eigenvalue weighted by molar-refractivity contribution is 5.62. The standard InChI is InChI=1S/C15H21N3/c1-12-5-3-7-14(9-16)15(12)17-10-13-6-4-8-18(2)11-13/h3,5,7,13,17H,4,6,8,10-11H2,1-2H3. The average Bonchev–Trinajstić information content (AvgIpc) is 2.37. The molecule has 1 unspecified atom stereocenters. The molecule has 96 valence electrons. The van der Waals surface area contributed by atoms with Gasteiger partial charge in [0.25, 0.3) is 0 Å². The lowest BCUT2D eigenvalue weighted by Crippen LogP contribution is -2.35. The third-order valence-corrected chi connectivity index (χ3v) is 3.68. The summed E-state index contributed by atoms with van der Waals surface area (Å²) in [5.41, 5.74) is 2.91. The third kappa shape index (κ3) is 3.02. The molecule has 0 bridgehead atoms. The largest absolute Gasteiger partial charge is 0.383 e. The summed E-state index contributed by atoms with van der Waals surface area (Å²) in [4.78, 5) is 2.39. The van der Waals surface area contributed by atoms with E-state index in [1.54, 1.807) is 0 Å². The zero-order chi connectivity index (χ0) is 13.0. The molecule has 3 heteroatoms. The smallest absolute Gasteiger partial charge is 0.101 e. The van der Waals surface area contributed by atoms with Crippen molar-refractivity contribution < 1.29 is 0 Å². The van der Waals surface area contributed by atoms with Crippen molar-refractivity contribution in [3.05, 3.63) is 29.3 Å². The van der Waals surface area contributed by atoms with Gasteiger partial charge in [0.1, 0.15) is 6.07 Å². The molecule has 1 aliphatic heterocycles.